The second-order valence-electron chi connectivity index (χ2n) is 4.94. The summed E-state index contributed by atoms with van der Waals surface area (Å²) in [5.74, 6) is -0.690. The lowest BCUT2D eigenvalue weighted by atomic mass is 10.1. The summed E-state index contributed by atoms with van der Waals surface area (Å²) < 4.78 is 13.4. The van der Waals surface area contributed by atoms with Gasteiger partial charge in [0, 0.05) is 16.7 Å². The number of aromatic nitrogens is 2. The van der Waals surface area contributed by atoms with Gasteiger partial charge < -0.3 is 11.5 Å². The van der Waals surface area contributed by atoms with Crippen LogP contribution in [0.3, 0.4) is 0 Å². The van der Waals surface area contributed by atoms with Gasteiger partial charge in [0.05, 0.1) is 11.9 Å². The van der Waals surface area contributed by atoms with Crippen LogP contribution in [0.15, 0.2) is 54.7 Å². The summed E-state index contributed by atoms with van der Waals surface area (Å²) in [5.41, 5.74) is 13.6. The van der Waals surface area contributed by atoms with E-state index in [1.807, 2.05) is 0 Å². The van der Waals surface area contributed by atoms with Crippen LogP contribution in [0.4, 0.5) is 10.2 Å². The number of nitrogen functional groups attached to an aromatic ring is 1. The molecular weight excluding hydrogens is 295 g/mol. The van der Waals surface area contributed by atoms with Crippen LogP contribution >= 0.6 is 0 Å². The van der Waals surface area contributed by atoms with Crippen molar-refractivity contribution in [1.82, 2.24) is 9.97 Å². The maximum atomic E-state index is 13.4. The zero-order chi connectivity index (χ0) is 16.4. The van der Waals surface area contributed by atoms with Crippen LogP contribution < -0.4 is 11.5 Å². The molecule has 0 unspecified atom stereocenters. The van der Waals surface area contributed by atoms with Crippen molar-refractivity contribution in [2.75, 3.05) is 5.73 Å². The molecule has 2 aromatic carbocycles. The monoisotopic (exact) mass is 308 g/mol. The van der Waals surface area contributed by atoms with E-state index in [2.05, 4.69) is 9.97 Å². The molecule has 1 heterocycles. The van der Waals surface area contributed by atoms with E-state index in [0.29, 0.717) is 28.1 Å². The third-order valence-corrected chi connectivity index (χ3v) is 3.34. The fourth-order valence-corrected chi connectivity index (χ4v) is 2.22. The van der Waals surface area contributed by atoms with Crippen molar-refractivity contribution in [3.05, 3.63) is 66.1 Å². The van der Waals surface area contributed by atoms with Crippen molar-refractivity contribution in [1.29, 1.82) is 0 Å². The summed E-state index contributed by atoms with van der Waals surface area (Å²) >= 11 is 0. The minimum absolute atomic E-state index is 0.215. The molecule has 0 aliphatic rings. The Labute approximate surface area is 131 Å². The molecule has 0 saturated carbocycles. The van der Waals surface area contributed by atoms with Gasteiger partial charge in [0.2, 0.25) is 5.91 Å². The minimum Gasteiger partial charge on any atom is -0.382 e. The summed E-state index contributed by atoms with van der Waals surface area (Å²) in [7, 11) is 0. The molecular formula is C17H13FN4O. The lowest BCUT2D eigenvalue weighted by Crippen LogP contribution is -2.10. The van der Waals surface area contributed by atoms with E-state index in [-0.39, 0.29) is 11.6 Å². The van der Waals surface area contributed by atoms with E-state index >= 15 is 0 Å². The quantitative estimate of drug-likeness (QED) is 0.777. The van der Waals surface area contributed by atoms with Gasteiger partial charge in [-0.1, -0.05) is 24.3 Å². The van der Waals surface area contributed by atoms with Crippen LogP contribution in [0.1, 0.15) is 10.4 Å². The molecule has 0 radical (unpaired) electrons. The van der Waals surface area contributed by atoms with Crippen LogP contribution in [0, 0.1) is 5.82 Å². The highest BCUT2D eigenvalue weighted by Gasteiger charge is 2.11. The van der Waals surface area contributed by atoms with Gasteiger partial charge in [-0.2, -0.15) is 0 Å². The first-order valence-corrected chi connectivity index (χ1v) is 6.83. The van der Waals surface area contributed by atoms with Crippen molar-refractivity contribution in [2.24, 2.45) is 5.73 Å². The fraction of sp³-hybridized carbons (Fsp3) is 0. The van der Waals surface area contributed by atoms with Gasteiger partial charge in [-0.25, -0.2) is 14.4 Å². The van der Waals surface area contributed by atoms with Gasteiger partial charge in [-0.15, -0.1) is 0 Å². The smallest absolute Gasteiger partial charge is 0.248 e. The molecule has 3 rings (SSSR count). The van der Waals surface area contributed by atoms with Crippen molar-refractivity contribution in [3.8, 4) is 22.5 Å². The molecule has 1 aromatic heterocycles. The normalized spacial score (nSPS) is 10.5. The first kappa shape index (κ1) is 14.6. The van der Waals surface area contributed by atoms with Crippen LogP contribution in [0.2, 0.25) is 0 Å². The number of carbonyl (C=O) groups is 1. The highest BCUT2D eigenvalue weighted by atomic mass is 19.1. The number of nitrogens with two attached hydrogens (primary N) is 2. The molecule has 4 N–H and O–H groups in total. The van der Waals surface area contributed by atoms with E-state index in [4.69, 9.17) is 11.5 Å². The molecule has 1 amide bonds. The molecule has 0 fully saturated rings. The van der Waals surface area contributed by atoms with Gasteiger partial charge in [0.25, 0.3) is 0 Å². The molecule has 5 nitrogen and oxygen atoms in total. The van der Waals surface area contributed by atoms with Gasteiger partial charge in [0.1, 0.15) is 17.3 Å². The molecule has 0 aliphatic heterocycles. The lowest BCUT2D eigenvalue weighted by Gasteiger charge is -2.08. The summed E-state index contributed by atoms with van der Waals surface area (Å²) in [6.45, 7) is 0. The Morgan fingerprint density at radius 2 is 1.78 bits per heavy atom. The number of hydrogen-bond donors (Lipinski definition) is 2. The molecule has 114 valence electrons. The number of primary amides is 1. The van der Waals surface area contributed by atoms with Gasteiger partial charge >= 0.3 is 0 Å². The number of rotatable bonds is 3. The highest BCUT2D eigenvalue weighted by molar-refractivity contribution is 5.94. The Hall–Kier alpha value is -3.28. The maximum absolute atomic E-state index is 13.4. The molecule has 6 heteroatoms. The largest absolute Gasteiger partial charge is 0.382 e. The molecule has 0 aliphatic carbocycles. The number of anilines is 1. The molecule has 0 bridgehead atoms. The van der Waals surface area contributed by atoms with E-state index in [0.717, 1.165) is 0 Å². The van der Waals surface area contributed by atoms with Gasteiger partial charge in [0.15, 0.2) is 0 Å². The lowest BCUT2D eigenvalue weighted by molar-refractivity contribution is 0.100. The summed E-state index contributed by atoms with van der Waals surface area (Å²) in [4.78, 5) is 19.9. The predicted molar refractivity (Wildman–Crippen MR) is 85.8 cm³/mol. The number of carbonyl (C=O) groups excluding carboxylic acids is 1. The molecule has 0 saturated heterocycles. The van der Waals surface area contributed by atoms with Crippen LogP contribution in [0.5, 0.6) is 0 Å². The average Bonchev–Trinajstić information content (AvgIpc) is 2.55. The standard InChI is InChI=1S/C17H13FN4O/c18-13-6-2-3-10(8-13)14-9-21-16(19)15(22-14)11-4-1-5-12(7-11)17(20)23/h1-9H,(H2,19,21)(H2,20,23). The SMILES string of the molecule is NC(=O)c1cccc(-c2nc(-c3cccc(F)c3)cnc2N)c1. The fourth-order valence-electron chi connectivity index (χ4n) is 2.22. The van der Waals surface area contributed by atoms with Gasteiger partial charge in [-0.3, -0.25) is 4.79 Å². The van der Waals surface area contributed by atoms with E-state index in [1.54, 1.807) is 36.4 Å². The number of halogens is 1. The Morgan fingerprint density at radius 3 is 2.52 bits per heavy atom. The van der Waals surface area contributed by atoms with Crippen molar-refractivity contribution in [2.45, 2.75) is 0 Å². The predicted octanol–water partition coefficient (Wildman–Crippen LogP) is 2.63. The minimum atomic E-state index is -0.542. The number of nitrogens with zero attached hydrogens (tertiary/aromatic N) is 2. The number of hydrogen-bond acceptors (Lipinski definition) is 4. The van der Waals surface area contributed by atoms with Crippen LogP contribution in [0.25, 0.3) is 22.5 Å². The summed E-state index contributed by atoms with van der Waals surface area (Å²) in [6.07, 6.45) is 1.48. The Bertz CT molecular complexity index is 895. The zero-order valence-corrected chi connectivity index (χ0v) is 12.0. The third-order valence-electron chi connectivity index (χ3n) is 3.34. The van der Waals surface area contributed by atoms with Gasteiger partial charge in [-0.05, 0) is 24.3 Å². The average molecular weight is 308 g/mol. The summed E-state index contributed by atoms with van der Waals surface area (Å²) in [5, 5.41) is 0. The van der Waals surface area contributed by atoms with Crippen LogP contribution in [-0.2, 0) is 0 Å². The topological polar surface area (TPSA) is 94.9 Å². The molecule has 0 spiro atoms. The maximum Gasteiger partial charge on any atom is 0.248 e. The Morgan fingerprint density at radius 1 is 1.04 bits per heavy atom. The first-order chi connectivity index (χ1) is 11.0. The molecule has 3 aromatic rings. The Kier molecular flexibility index (Phi) is 3.72. The van der Waals surface area contributed by atoms with E-state index in [1.165, 1.54) is 18.3 Å². The zero-order valence-electron chi connectivity index (χ0n) is 12.0. The van der Waals surface area contributed by atoms with Crippen LogP contribution in [-0.4, -0.2) is 15.9 Å². The number of benzene rings is 2. The summed E-state index contributed by atoms with van der Waals surface area (Å²) in [6, 6.07) is 12.7. The van der Waals surface area contributed by atoms with Crippen molar-refractivity contribution in [3.63, 3.8) is 0 Å². The molecule has 23 heavy (non-hydrogen) atoms. The number of amides is 1. The third kappa shape index (κ3) is 3.01. The molecule has 0 atom stereocenters. The second-order valence-corrected chi connectivity index (χ2v) is 4.94. The van der Waals surface area contributed by atoms with Crippen molar-refractivity contribution < 1.29 is 9.18 Å². The second kappa shape index (κ2) is 5.84. The first-order valence-electron chi connectivity index (χ1n) is 6.83. The van der Waals surface area contributed by atoms with E-state index < -0.39 is 5.91 Å². The highest BCUT2D eigenvalue weighted by Crippen LogP contribution is 2.26. The van der Waals surface area contributed by atoms with Crippen molar-refractivity contribution >= 4 is 11.7 Å². The Balaban J connectivity index is 2.11. The van der Waals surface area contributed by atoms with E-state index in [9.17, 15) is 9.18 Å².